The van der Waals surface area contributed by atoms with Gasteiger partial charge in [-0.3, -0.25) is 0 Å². The first-order valence-corrected chi connectivity index (χ1v) is 3.71. The molecule has 0 rings (SSSR count). The lowest BCUT2D eigenvalue weighted by atomic mass is 10.3. The Morgan fingerprint density at radius 3 is 1.56 bits per heavy atom. The van der Waals surface area contributed by atoms with E-state index in [2.05, 4.69) is 38.2 Å². The summed E-state index contributed by atoms with van der Waals surface area (Å²) in [7, 11) is 0. The molecule has 0 heterocycles. The molecule has 0 aliphatic heterocycles. The normalized spacial score (nSPS) is 11.8. The molecular formula is C9H16. The Morgan fingerprint density at radius 1 is 0.778 bits per heavy atom. The van der Waals surface area contributed by atoms with Crippen LogP contribution in [-0.4, -0.2) is 0 Å². The highest BCUT2D eigenvalue weighted by molar-refractivity contribution is 4.91. The van der Waals surface area contributed by atoms with Gasteiger partial charge in [0.2, 0.25) is 0 Å². The van der Waals surface area contributed by atoms with Crippen LogP contribution in [-0.2, 0) is 0 Å². The zero-order valence-corrected chi connectivity index (χ0v) is 6.43. The van der Waals surface area contributed by atoms with Gasteiger partial charge in [0.25, 0.3) is 0 Å². The maximum Gasteiger partial charge on any atom is -0.0169 e. The molecule has 0 radical (unpaired) electrons. The van der Waals surface area contributed by atoms with Crippen LogP contribution < -0.4 is 0 Å². The quantitative estimate of drug-likeness (QED) is 0.504. The highest BCUT2D eigenvalue weighted by Gasteiger charge is 1.68. The van der Waals surface area contributed by atoms with Crippen molar-refractivity contribution < 1.29 is 0 Å². The molecule has 0 saturated heterocycles. The topological polar surface area (TPSA) is 0 Å². The predicted molar refractivity (Wildman–Crippen MR) is 43.5 cm³/mol. The van der Waals surface area contributed by atoms with E-state index in [-0.39, 0.29) is 0 Å². The van der Waals surface area contributed by atoms with Gasteiger partial charge in [0, 0.05) is 0 Å². The van der Waals surface area contributed by atoms with E-state index in [1.807, 2.05) is 0 Å². The number of rotatable bonds is 4. The van der Waals surface area contributed by atoms with Gasteiger partial charge < -0.3 is 0 Å². The fourth-order valence-electron chi connectivity index (χ4n) is 0.604. The molecule has 0 atom stereocenters. The van der Waals surface area contributed by atoms with Crippen molar-refractivity contribution in [3.05, 3.63) is 24.3 Å². The molecule has 9 heavy (non-hydrogen) atoms. The fourth-order valence-corrected chi connectivity index (χ4v) is 0.604. The van der Waals surface area contributed by atoms with E-state index in [1.165, 1.54) is 0 Å². The van der Waals surface area contributed by atoms with Crippen molar-refractivity contribution in [3.8, 4) is 0 Å². The molecule has 0 heteroatoms. The first kappa shape index (κ1) is 8.48. The van der Waals surface area contributed by atoms with Crippen LogP contribution in [0.4, 0.5) is 0 Å². The summed E-state index contributed by atoms with van der Waals surface area (Å²) in [6.07, 6.45) is 12.2. The second kappa shape index (κ2) is 7.48. The number of allylic oxidation sites excluding steroid dienone is 4. The average Bonchev–Trinajstić information content (AvgIpc) is 1.89. The summed E-state index contributed by atoms with van der Waals surface area (Å²) in [5, 5.41) is 0. The monoisotopic (exact) mass is 124 g/mol. The van der Waals surface area contributed by atoms with Gasteiger partial charge in [-0.05, 0) is 19.3 Å². The van der Waals surface area contributed by atoms with Gasteiger partial charge in [-0.25, -0.2) is 0 Å². The summed E-state index contributed by atoms with van der Waals surface area (Å²) < 4.78 is 0. The summed E-state index contributed by atoms with van der Waals surface area (Å²) in [4.78, 5) is 0. The van der Waals surface area contributed by atoms with Crippen molar-refractivity contribution in [3.63, 3.8) is 0 Å². The van der Waals surface area contributed by atoms with Crippen LogP contribution in [0.25, 0.3) is 0 Å². The number of hydrogen-bond acceptors (Lipinski definition) is 0. The first-order valence-electron chi connectivity index (χ1n) is 3.71. The molecule has 0 spiro atoms. The molecule has 0 aromatic rings. The zero-order valence-electron chi connectivity index (χ0n) is 6.43. The van der Waals surface area contributed by atoms with Crippen molar-refractivity contribution >= 4 is 0 Å². The first-order chi connectivity index (χ1) is 4.41. The number of hydrogen-bond donors (Lipinski definition) is 0. The summed E-state index contributed by atoms with van der Waals surface area (Å²) in [5.74, 6) is 0. The fraction of sp³-hybridized carbons (Fsp3) is 0.556. The van der Waals surface area contributed by atoms with Crippen molar-refractivity contribution in [1.29, 1.82) is 0 Å². The van der Waals surface area contributed by atoms with E-state index < -0.39 is 0 Å². The van der Waals surface area contributed by atoms with Crippen LogP contribution >= 0.6 is 0 Å². The second-order valence-electron chi connectivity index (χ2n) is 2.00. The molecule has 0 amide bonds. The minimum absolute atomic E-state index is 1.10. The maximum atomic E-state index is 2.20. The van der Waals surface area contributed by atoms with Crippen LogP contribution in [0.15, 0.2) is 24.3 Å². The molecule has 0 aromatic carbocycles. The SMILES string of the molecule is CCC=CCC=CCC. The lowest BCUT2D eigenvalue weighted by Crippen LogP contribution is -1.58. The molecule has 0 fully saturated rings. The van der Waals surface area contributed by atoms with Crippen molar-refractivity contribution in [2.45, 2.75) is 33.1 Å². The Hall–Kier alpha value is -0.520. The molecule has 0 bridgehead atoms. The lowest BCUT2D eigenvalue weighted by molar-refractivity contribution is 1.18. The molecule has 52 valence electrons. The smallest absolute Gasteiger partial charge is 0.0169 e. The third-order valence-corrected chi connectivity index (χ3v) is 1.08. The van der Waals surface area contributed by atoms with Gasteiger partial charge in [0.15, 0.2) is 0 Å². The summed E-state index contributed by atoms with van der Waals surface area (Å²) in [6.45, 7) is 4.31. The van der Waals surface area contributed by atoms with Gasteiger partial charge >= 0.3 is 0 Å². The molecule has 0 nitrogen and oxygen atoms in total. The van der Waals surface area contributed by atoms with E-state index in [0.29, 0.717) is 0 Å². The Bertz CT molecular complexity index is 76.2. The van der Waals surface area contributed by atoms with Gasteiger partial charge in [-0.1, -0.05) is 38.2 Å². The molecule has 0 aliphatic carbocycles. The Morgan fingerprint density at radius 2 is 1.22 bits per heavy atom. The predicted octanol–water partition coefficient (Wildman–Crippen LogP) is 3.31. The van der Waals surface area contributed by atoms with E-state index in [0.717, 1.165) is 19.3 Å². The minimum Gasteiger partial charge on any atom is -0.0885 e. The second-order valence-corrected chi connectivity index (χ2v) is 2.00. The van der Waals surface area contributed by atoms with E-state index in [1.54, 1.807) is 0 Å². The molecule has 0 N–H and O–H groups in total. The van der Waals surface area contributed by atoms with Crippen molar-refractivity contribution in [2.24, 2.45) is 0 Å². The van der Waals surface area contributed by atoms with Gasteiger partial charge in [-0.2, -0.15) is 0 Å². The van der Waals surface area contributed by atoms with Crippen molar-refractivity contribution in [2.75, 3.05) is 0 Å². The average molecular weight is 124 g/mol. The van der Waals surface area contributed by atoms with Crippen LogP contribution in [0, 0.1) is 0 Å². The standard InChI is InChI=1S/C9H16/c1-3-5-7-9-8-6-4-2/h5-8H,3-4,9H2,1-2H3. The Balaban J connectivity index is 3.08. The molecule has 0 aromatic heterocycles. The van der Waals surface area contributed by atoms with Crippen LogP contribution in [0.5, 0.6) is 0 Å². The zero-order chi connectivity index (χ0) is 6.95. The summed E-state index contributed by atoms with van der Waals surface area (Å²) in [6, 6.07) is 0. The third kappa shape index (κ3) is 7.48. The van der Waals surface area contributed by atoms with Crippen LogP contribution in [0.2, 0.25) is 0 Å². The highest BCUT2D eigenvalue weighted by Crippen LogP contribution is 1.89. The van der Waals surface area contributed by atoms with Crippen LogP contribution in [0.1, 0.15) is 33.1 Å². The Labute approximate surface area is 58.3 Å². The molecular weight excluding hydrogens is 108 g/mol. The lowest BCUT2D eigenvalue weighted by Gasteiger charge is -1.79. The molecule has 0 saturated carbocycles. The largest absolute Gasteiger partial charge is 0.0885 e. The van der Waals surface area contributed by atoms with Crippen LogP contribution in [0.3, 0.4) is 0 Å². The maximum absolute atomic E-state index is 2.20. The van der Waals surface area contributed by atoms with E-state index in [4.69, 9.17) is 0 Å². The van der Waals surface area contributed by atoms with Crippen molar-refractivity contribution in [1.82, 2.24) is 0 Å². The third-order valence-electron chi connectivity index (χ3n) is 1.08. The van der Waals surface area contributed by atoms with E-state index >= 15 is 0 Å². The van der Waals surface area contributed by atoms with E-state index in [9.17, 15) is 0 Å². The molecule has 0 aliphatic rings. The van der Waals surface area contributed by atoms with Gasteiger partial charge in [-0.15, -0.1) is 0 Å². The van der Waals surface area contributed by atoms with Gasteiger partial charge in [0.1, 0.15) is 0 Å². The van der Waals surface area contributed by atoms with Gasteiger partial charge in [0.05, 0.1) is 0 Å². The summed E-state index contributed by atoms with van der Waals surface area (Å²) in [5.41, 5.74) is 0. The Kier molecular flexibility index (Phi) is 7.05. The molecule has 0 unspecified atom stereocenters. The summed E-state index contributed by atoms with van der Waals surface area (Å²) >= 11 is 0. The highest BCUT2D eigenvalue weighted by atomic mass is 13.7. The minimum atomic E-state index is 1.10.